The lowest BCUT2D eigenvalue weighted by atomic mass is 10.1. The van der Waals surface area contributed by atoms with Crippen molar-refractivity contribution in [1.82, 2.24) is 9.88 Å². The first-order valence-corrected chi connectivity index (χ1v) is 6.19. The molecule has 5 nitrogen and oxygen atoms in total. The molecule has 0 radical (unpaired) electrons. The summed E-state index contributed by atoms with van der Waals surface area (Å²) in [6.07, 6.45) is 6.29. The number of pyridine rings is 1. The Morgan fingerprint density at radius 3 is 2.89 bits per heavy atom. The maximum absolute atomic E-state index is 12.3. The second-order valence-electron chi connectivity index (χ2n) is 4.74. The SMILES string of the molecule is CN(CC1CC1)C(=O)c1ncccc1/C=C/C(=O)O. The minimum Gasteiger partial charge on any atom is -0.478 e. The molecule has 0 bridgehead atoms. The van der Waals surface area contributed by atoms with Crippen LogP contribution in [0.25, 0.3) is 6.08 Å². The Hall–Kier alpha value is -2.17. The summed E-state index contributed by atoms with van der Waals surface area (Å²) < 4.78 is 0. The second kappa shape index (κ2) is 5.65. The number of aliphatic carboxylic acids is 1. The highest BCUT2D eigenvalue weighted by Gasteiger charge is 2.26. The summed E-state index contributed by atoms with van der Waals surface area (Å²) in [6, 6.07) is 3.36. The van der Waals surface area contributed by atoms with Crippen LogP contribution in [-0.4, -0.2) is 40.5 Å². The number of aromatic nitrogens is 1. The van der Waals surface area contributed by atoms with E-state index < -0.39 is 5.97 Å². The number of carboxylic acids is 1. The van der Waals surface area contributed by atoms with Gasteiger partial charge in [-0.25, -0.2) is 4.79 Å². The van der Waals surface area contributed by atoms with Crippen LogP contribution < -0.4 is 0 Å². The molecule has 19 heavy (non-hydrogen) atoms. The molecule has 0 spiro atoms. The molecule has 5 heteroatoms. The van der Waals surface area contributed by atoms with Crippen LogP contribution >= 0.6 is 0 Å². The van der Waals surface area contributed by atoms with Crippen LogP contribution in [0.1, 0.15) is 28.9 Å². The van der Waals surface area contributed by atoms with Gasteiger partial charge >= 0.3 is 5.97 Å². The molecule has 1 aliphatic rings. The molecule has 0 aromatic carbocycles. The maximum Gasteiger partial charge on any atom is 0.328 e. The number of amides is 1. The molecule has 0 aliphatic heterocycles. The molecule has 100 valence electrons. The van der Waals surface area contributed by atoms with Crippen molar-refractivity contribution in [2.45, 2.75) is 12.8 Å². The summed E-state index contributed by atoms with van der Waals surface area (Å²) in [5.41, 5.74) is 0.820. The van der Waals surface area contributed by atoms with Crippen LogP contribution in [0, 0.1) is 5.92 Å². The van der Waals surface area contributed by atoms with E-state index in [9.17, 15) is 9.59 Å². The van der Waals surface area contributed by atoms with Gasteiger partial charge in [-0.3, -0.25) is 9.78 Å². The van der Waals surface area contributed by atoms with E-state index in [1.54, 1.807) is 24.1 Å². The number of carbonyl (C=O) groups is 2. The lowest BCUT2D eigenvalue weighted by Gasteiger charge is -2.17. The molecule has 1 heterocycles. The molecule has 1 amide bonds. The molecule has 1 N–H and O–H groups in total. The normalized spacial score (nSPS) is 14.6. The van der Waals surface area contributed by atoms with Crippen LogP contribution in [0.5, 0.6) is 0 Å². The van der Waals surface area contributed by atoms with Gasteiger partial charge in [-0.05, 0) is 30.9 Å². The average Bonchev–Trinajstić information content (AvgIpc) is 3.19. The van der Waals surface area contributed by atoms with Gasteiger partial charge in [0, 0.05) is 31.4 Å². The van der Waals surface area contributed by atoms with Crippen LogP contribution in [0.3, 0.4) is 0 Å². The minimum absolute atomic E-state index is 0.169. The highest BCUT2D eigenvalue weighted by Crippen LogP contribution is 2.29. The third-order valence-electron chi connectivity index (χ3n) is 3.02. The van der Waals surface area contributed by atoms with Gasteiger partial charge in [0.2, 0.25) is 0 Å². The molecule has 0 atom stereocenters. The fourth-order valence-corrected chi connectivity index (χ4v) is 1.84. The summed E-state index contributed by atoms with van der Waals surface area (Å²) >= 11 is 0. The van der Waals surface area contributed by atoms with Crippen molar-refractivity contribution in [3.05, 3.63) is 35.7 Å². The maximum atomic E-state index is 12.3. The summed E-state index contributed by atoms with van der Waals surface area (Å²) in [6.45, 7) is 0.734. The van der Waals surface area contributed by atoms with E-state index in [-0.39, 0.29) is 5.91 Å². The van der Waals surface area contributed by atoms with Crippen molar-refractivity contribution in [3.63, 3.8) is 0 Å². The van der Waals surface area contributed by atoms with Crippen molar-refractivity contribution in [3.8, 4) is 0 Å². The average molecular weight is 260 g/mol. The van der Waals surface area contributed by atoms with Crippen LogP contribution in [0.4, 0.5) is 0 Å². The van der Waals surface area contributed by atoms with E-state index in [1.165, 1.54) is 25.1 Å². The topological polar surface area (TPSA) is 70.5 Å². The van der Waals surface area contributed by atoms with Crippen molar-refractivity contribution >= 4 is 18.0 Å². The van der Waals surface area contributed by atoms with Crippen LogP contribution in [0.2, 0.25) is 0 Å². The van der Waals surface area contributed by atoms with Gasteiger partial charge in [0.25, 0.3) is 5.91 Å². The van der Waals surface area contributed by atoms with Crippen molar-refractivity contribution in [2.24, 2.45) is 5.92 Å². The number of hydrogen-bond acceptors (Lipinski definition) is 3. The summed E-state index contributed by atoms with van der Waals surface area (Å²) in [5.74, 6) is -0.609. The van der Waals surface area contributed by atoms with Crippen molar-refractivity contribution in [2.75, 3.05) is 13.6 Å². The Bertz CT molecular complexity index is 521. The molecular formula is C14H16N2O3. The van der Waals surface area contributed by atoms with E-state index in [4.69, 9.17) is 5.11 Å². The fraction of sp³-hybridized carbons (Fsp3) is 0.357. The fourth-order valence-electron chi connectivity index (χ4n) is 1.84. The Kier molecular flexibility index (Phi) is 3.94. The number of rotatable bonds is 5. The van der Waals surface area contributed by atoms with E-state index in [0.717, 1.165) is 12.6 Å². The van der Waals surface area contributed by atoms with Gasteiger partial charge in [0.1, 0.15) is 5.69 Å². The number of carbonyl (C=O) groups excluding carboxylic acids is 1. The van der Waals surface area contributed by atoms with Crippen LogP contribution in [0.15, 0.2) is 24.4 Å². The molecule has 1 aromatic heterocycles. The first kappa shape index (κ1) is 13.3. The highest BCUT2D eigenvalue weighted by molar-refractivity contribution is 5.97. The first-order valence-electron chi connectivity index (χ1n) is 6.19. The van der Waals surface area contributed by atoms with Crippen LogP contribution in [-0.2, 0) is 4.79 Å². The number of hydrogen-bond donors (Lipinski definition) is 1. The summed E-state index contributed by atoms with van der Waals surface area (Å²) in [7, 11) is 1.75. The molecule has 2 rings (SSSR count). The molecule has 1 aromatic rings. The molecule has 0 unspecified atom stereocenters. The molecular weight excluding hydrogens is 244 g/mol. The summed E-state index contributed by atoms with van der Waals surface area (Å²) in [5, 5.41) is 8.64. The number of nitrogens with zero attached hydrogens (tertiary/aromatic N) is 2. The van der Waals surface area contributed by atoms with E-state index in [1.807, 2.05) is 0 Å². The van der Waals surface area contributed by atoms with Crippen molar-refractivity contribution < 1.29 is 14.7 Å². The van der Waals surface area contributed by atoms with Gasteiger partial charge in [-0.1, -0.05) is 6.07 Å². The number of carboxylic acid groups (broad SMARTS) is 1. The first-order chi connectivity index (χ1) is 9.08. The zero-order chi connectivity index (χ0) is 13.8. The zero-order valence-electron chi connectivity index (χ0n) is 10.7. The Balaban J connectivity index is 2.17. The Morgan fingerprint density at radius 1 is 1.53 bits per heavy atom. The predicted octanol–water partition coefficient (Wildman–Crippen LogP) is 1.66. The Labute approximate surface area is 111 Å². The smallest absolute Gasteiger partial charge is 0.328 e. The molecule has 0 saturated heterocycles. The van der Waals surface area contributed by atoms with Gasteiger partial charge in [0.15, 0.2) is 0 Å². The Morgan fingerprint density at radius 2 is 2.26 bits per heavy atom. The van der Waals surface area contributed by atoms with Gasteiger partial charge in [0.05, 0.1) is 0 Å². The molecule has 1 aliphatic carbocycles. The van der Waals surface area contributed by atoms with E-state index >= 15 is 0 Å². The van der Waals surface area contributed by atoms with Gasteiger partial charge in [-0.2, -0.15) is 0 Å². The minimum atomic E-state index is -1.05. The third kappa shape index (κ3) is 3.64. The third-order valence-corrected chi connectivity index (χ3v) is 3.02. The zero-order valence-corrected chi connectivity index (χ0v) is 10.7. The summed E-state index contributed by atoms with van der Waals surface area (Å²) in [4.78, 5) is 28.5. The van der Waals surface area contributed by atoms with Gasteiger partial charge in [-0.15, -0.1) is 0 Å². The lowest BCUT2D eigenvalue weighted by Crippen LogP contribution is -2.30. The monoisotopic (exact) mass is 260 g/mol. The molecule has 1 saturated carbocycles. The van der Waals surface area contributed by atoms with E-state index in [2.05, 4.69) is 4.98 Å². The molecule has 1 fully saturated rings. The quantitative estimate of drug-likeness (QED) is 0.817. The lowest BCUT2D eigenvalue weighted by molar-refractivity contribution is -0.131. The predicted molar refractivity (Wildman–Crippen MR) is 70.6 cm³/mol. The second-order valence-corrected chi connectivity index (χ2v) is 4.74. The highest BCUT2D eigenvalue weighted by atomic mass is 16.4. The van der Waals surface area contributed by atoms with E-state index in [0.29, 0.717) is 17.2 Å². The van der Waals surface area contributed by atoms with Crippen molar-refractivity contribution in [1.29, 1.82) is 0 Å². The van der Waals surface area contributed by atoms with Gasteiger partial charge < -0.3 is 10.0 Å². The largest absolute Gasteiger partial charge is 0.478 e. The standard InChI is InChI=1S/C14H16N2O3/c1-16(9-10-4-5-10)14(19)13-11(3-2-8-15-13)6-7-12(17)18/h2-3,6-8,10H,4-5,9H2,1H3,(H,17,18)/b7-6+.